The highest BCUT2D eigenvalue weighted by molar-refractivity contribution is 6.26. The van der Waals surface area contributed by atoms with E-state index in [1.54, 1.807) is 0 Å². The van der Waals surface area contributed by atoms with E-state index < -0.39 is 9.75 Å². The minimum absolute atomic E-state index is 0.130. The summed E-state index contributed by atoms with van der Waals surface area (Å²) in [6.07, 6.45) is 8.43. The molecule has 0 bridgehead atoms. The lowest BCUT2D eigenvalue weighted by molar-refractivity contribution is 0.629. The highest BCUT2D eigenvalue weighted by Gasteiger charge is 2.35. The van der Waals surface area contributed by atoms with Crippen molar-refractivity contribution in [3.8, 4) is 0 Å². The Morgan fingerprint density at radius 2 is 1.16 bits per heavy atom. The zero-order valence-corrected chi connectivity index (χ0v) is 21.8. The lowest BCUT2D eigenvalue weighted by Crippen LogP contribution is -2.35. The molecule has 2 aliphatic rings. The van der Waals surface area contributed by atoms with E-state index in [0.717, 1.165) is 34.0 Å². The van der Waals surface area contributed by atoms with Crippen LogP contribution in [0.1, 0.15) is 66.8 Å². The Labute approximate surface area is 202 Å². The molecule has 3 nitrogen and oxygen atoms in total. The second-order valence-electron chi connectivity index (χ2n) is 9.50. The number of hydrogen-bond acceptors (Lipinski definition) is 3. The normalized spacial score (nSPS) is 31.6. The van der Waals surface area contributed by atoms with Gasteiger partial charge in [0.2, 0.25) is 0 Å². The van der Waals surface area contributed by atoms with Crippen molar-refractivity contribution in [1.29, 1.82) is 0 Å². The van der Waals surface area contributed by atoms with E-state index in [-0.39, 0.29) is 12.1 Å². The van der Waals surface area contributed by atoms with E-state index in [9.17, 15) is 0 Å². The molecule has 0 radical (unpaired) electrons. The van der Waals surface area contributed by atoms with Gasteiger partial charge in [-0.2, -0.15) is 0 Å². The highest BCUT2D eigenvalue weighted by Crippen LogP contribution is 2.36. The summed E-state index contributed by atoms with van der Waals surface area (Å²) in [7, 11) is 0. The van der Waals surface area contributed by atoms with Gasteiger partial charge in [0.15, 0.2) is 0 Å². The van der Waals surface area contributed by atoms with Crippen molar-refractivity contribution < 1.29 is 0 Å². The van der Waals surface area contributed by atoms with Crippen molar-refractivity contribution in [1.82, 2.24) is 4.98 Å². The first-order valence-corrected chi connectivity index (χ1v) is 11.8. The van der Waals surface area contributed by atoms with Crippen LogP contribution in [-0.4, -0.2) is 38.2 Å². The molecule has 0 saturated heterocycles. The lowest BCUT2D eigenvalue weighted by Gasteiger charge is -2.31. The maximum atomic E-state index is 6.81. The standard InChI is InChI=1S/C27H33Cl2N3/c1-16-12-18(3)24(26(7,28)14-16)30-20(5)22-10-9-11-23(32-22)21(6)31-25-19(4)13-17(2)15-27(25,8)29/h9-15,24-25H,1-8H3. The third kappa shape index (κ3) is 5.32. The van der Waals surface area contributed by atoms with Crippen molar-refractivity contribution in [2.24, 2.45) is 9.98 Å². The highest BCUT2D eigenvalue weighted by atomic mass is 35.5. The third-order valence-electron chi connectivity index (χ3n) is 6.00. The summed E-state index contributed by atoms with van der Waals surface area (Å²) in [6.45, 7) is 16.3. The first-order valence-electron chi connectivity index (χ1n) is 11.0. The van der Waals surface area contributed by atoms with Gasteiger partial charge in [-0.25, -0.2) is 4.98 Å². The predicted molar refractivity (Wildman–Crippen MR) is 140 cm³/mol. The fourth-order valence-electron chi connectivity index (χ4n) is 4.71. The lowest BCUT2D eigenvalue weighted by atomic mass is 9.87. The maximum Gasteiger partial charge on any atom is 0.0938 e. The average molecular weight is 470 g/mol. The van der Waals surface area contributed by atoms with Crippen molar-refractivity contribution in [3.63, 3.8) is 0 Å². The second-order valence-corrected chi connectivity index (χ2v) is 11.1. The quantitative estimate of drug-likeness (QED) is 0.338. The Kier molecular flexibility index (Phi) is 7.02. The molecule has 1 aromatic heterocycles. The van der Waals surface area contributed by atoms with E-state index in [1.807, 2.05) is 45.9 Å². The van der Waals surface area contributed by atoms with Crippen LogP contribution >= 0.6 is 23.2 Å². The van der Waals surface area contributed by atoms with Crippen LogP contribution in [-0.2, 0) is 0 Å². The summed E-state index contributed by atoms with van der Waals surface area (Å²) in [5.74, 6) is 0. The molecule has 0 saturated carbocycles. The molecule has 5 heteroatoms. The number of hydrogen-bond donors (Lipinski definition) is 0. The van der Waals surface area contributed by atoms with Gasteiger partial charge in [0.05, 0.1) is 44.6 Å². The molecule has 32 heavy (non-hydrogen) atoms. The number of nitrogens with zero attached hydrogens (tertiary/aromatic N) is 3. The average Bonchev–Trinajstić information content (AvgIpc) is 2.66. The van der Waals surface area contributed by atoms with E-state index in [1.165, 1.54) is 11.1 Å². The van der Waals surface area contributed by atoms with Gasteiger partial charge in [-0.05, 0) is 78.7 Å². The van der Waals surface area contributed by atoms with Crippen molar-refractivity contribution >= 4 is 34.6 Å². The van der Waals surface area contributed by atoms with Crippen LogP contribution in [0.3, 0.4) is 0 Å². The monoisotopic (exact) mass is 469 g/mol. The van der Waals surface area contributed by atoms with Crippen LogP contribution in [0.2, 0.25) is 0 Å². The molecule has 0 aliphatic heterocycles. The number of alkyl halides is 2. The molecule has 1 aromatic rings. The van der Waals surface area contributed by atoms with Crippen LogP contribution in [0, 0.1) is 0 Å². The minimum atomic E-state index is -0.555. The van der Waals surface area contributed by atoms with E-state index in [2.05, 4.69) is 52.0 Å². The van der Waals surface area contributed by atoms with Gasteiger partial charge < -0.3 is 0 Å². The molecule has 0 aromatic carbocycles. The molecule has 170 valence electrons. The Morgan fingerprint density at radius 1 is 0.781 bits per heavy atom. The van der Waals surface area contributed by atoms with Gasteiger partial charge in [-0.1, -0.05) is 41.5 Å². The van der Waals surface area contributed by atoms with Crippen LogP contribution in [0.15, 0.2) is 74.8 Å². The Hall–Kier alpha value is -1.97. The number of allylic oxidation sites excluding steroid dienone is 4. The summed E-state index contributed by atoms with van der Waals surface area (Å²) in [4.78, 5) is 13.7. The van der Waals surface area contributed by atoms with Crippen molar-refractivity contribution in [3.05, 3.63) is 76.2 Å². The van der Waals surface area contributed by atoms with Crippen LogP contribution in [0.5, 0.6) is 0 Å². The fourth-order valence-corrected chi connectivity index (χ4v) is 5.50. The molecule has 0 fully saturated rings. The Bertz CT molecular complexity index is 1010. The zero-order valence-electron chi connectivity index (χ0n) is 20.3. The fraction of sp³-hybridized carbons (Fsp3) is 0.444. The van der Waals surface area contributed by atoms with Crippen LogP contribution in [0.4, 0.5) is 0 Å². The Balaban J connectivity index is 1.92. The molecule has 3 rings (SSSR count). The summed E-state index contributed by atoms with van der Waals surface area (Å²) in [5, 5.41) is 0. The summed E-state index contributed by atoms with van der Waals surface area (Å²) in [5.41, 5.74) is 7.99. The van der Waals surface area contributed by atoms with Gasteiger partial charge in [-0.3, -0.25) is 9.98 Å². The number of aliphatic imine (C=N–C) groups is 2. The van der Waals surface area contributed by atoms with E-state index >= 15 is 0 Å². The molecule has 0 N–H and O–H groups in total. The SMILES string of the molecule is CC1=CC(C)(Cl)C(N=C(C)c2cccc(C(C)=NC3C(C)=CC(C)=CC3(C)Cl)n2)C(C)=C1. The molecule has 2 aliphatic carbocycles. The van der Waals surface area contributed by atoms with Gasteiger partial charge in [0.25, 0.3) is 0 Å². The number of halogens is 2. The molecule has 4 unspecified atom stereocenters. The molecular formula is C27H33Cl2N3. The molecule has 0 amide bonds. The molecule has 4 atom stereocenters. The first kappa shape index (κ1) is 24.7. The zero-order chi connectivity index (χ0) is 23.8. The third-order valence-corrected chi connectivity index (χ3v) is 6.63. The summed E-state index contributed by atoms with van der Waals surface area (Å²) < 4.78 is 0. The van der Waals surface area contributed by atoms with Crippen molar-refractivity contribution in [2.75, 3.05) is 0 Å². The molecule has 1 heterocycles. The van der Waals surface area contributed by atoms with Gasteiger partial charge in [0, 0.05) is 0 Å². The van der Waals surface area contributed by atoms with Crippen LogP contribution in [0.25, 0.3) is 0 Å². The van der Waals surface area contributed by atoms with E-state index in [4.69, 9.17) is 38.2 Å². The van der Waals surface area contributed by atoms with Gasteiger partial charge in [-0.15, -0.1) is 23.2 Å². The summed E-state index contributed by atoms with van der Waals surface area (Å²) in [6, 6.07) is 5.70. The second kappa shape index (κ2) is 9.11. The number of pyridine rings is 1. The minimum Gasteiger partial charge on any atom is -0.278 e. The summed E-state index contributed by atoms with van der Waals surface area (Å²) >= 11 is 13.6. The van der Waals surface area contributed by atoms with Gasteiger partial charge >= 0.3 is 0 Å². The van der Waals surface area contributed by atoms with E-state index in [0.29, 0.717) is 0 Å². The predicted octanol–water partition coefficient (Wildman–Crippen LogP) is 7.24. The first-order chi connectivity index (χ1) is 14.8. The Morgan fingerprint density at radius 3 is 1.50 bits per heavy atom. The largest absolute Gasteiger partial charge is 0.278 e. The number of aromatic nitrogens is 1. The topological polar surface area (TPSA) is 37.6 Å². The maximum absolute atomic E-state index is 6.81. The smallest absolute Gasteiger partial charge is 0.0938 e. The van der Waals surface area contributed by atoms with Crippen molar-refractivity contribution in [2.45, 2.75) is 77.2 Å². The van der Waals surface area contributed by atoms with Gasteiger partial charge in [0.1, 0.15) is 0 Å². The molecule has 0 spiro atoms. The van der Waals surface area contributed by atoms with Crippen LogP contribution < -0.4 is 0 Å². The molecular weight excluding hydrogens is 437 g/mol. The number of rotatable bonds is 4.